The monoisotopic (exact) mass is 1710 g/mol. The number of nitrogens with zero attached hydrogens (tertiary/aromatic N) is 23. The first-order valence-corrected chi connectivity index (χ1v) is 40.0. The number of fused-ring (bicyclic) bond motifs is 5. The number of aromatic amines is 4. The molecule has 1 saturated carbocycles. The van der Waals surface area contributed by atoms with Crippen LogP contribution in [0.4, 0.5) is 46.5 Å². The minimum absolute atomic E-state index is 0.0335. The first-order chi connectivity index (χ1) is 60.5. The zero-order valence-corrected chi connectivity index (χ0v) is 70.3. The summed E-state index contributed by atoms with van der Waals surface area (Å²) in [5, 5.41) is 35.0. The van der Waals surface area contributed by atoms with Crippen LogP contribution in [0.15, 0.2) is 191 Å². The van der Waals surface area contributed by atoms with E-state index >= 15 is 0 Å². The molecule has 20 rings (SSSR count). The fourth-order valence-corrected chi connectivity index (χ4v) is 14.6. The number of halogens is 2. The van der Waals surface area contributed by atoms with Gasteiger partial charge in [-0.05, 0) is 121 Å². The van der Waals surface area contributed by atoms with E-state index in [1.807, 2.05) is 138 Å². The molecule has 0 unspecified atom stereocenters. The van der Waals surface area contributed by atoms with Crippen molar-refractivity contribution in [3.05, 3.63) is 240 Å². The number of imidazole rings is 4. The van der Waals surface area contributed by atoms with Crippen LogP contribution >= 0.6 is 23.2 Å². The first-order valence-electron chi connectivity index (χ1n) is 39.2. The number of aromatic nitrogens is 25. The van der Waals surface area contributed by atoms with Crippen LogP contribution in [0, 0.1) is 0 Å². The largest absolute Gasteiger partial charge is 0.494 e. The van der Waals surface area contributed by atoms with Gasteiger partial charge in [0.05, 0.1) is 101 Å². The molecular formula is C85H81Cl2N33O5. The summed E-state index contributed by atoms with van der Waals surface area (Å²) in [5.74, 6) is 3.11. The molecule has 38 nitrogen and oxygen atoms in total. The molecule has 15 heterocycles. The van der Waals surface area contributed by atoms with Gasteiger partial charge < -0.3 is 89.2 Å². The van der Waals surface area contributed by atoms with Crippen molar-refractivity contribution in [2.75, 3.05) is 56.1 Å². The number of nitrogens with one attached hydrogen (secondary N) is 10. The van der Waals surface area contributed by atoms with Crippen LogP contribution in [0.1, 0.15) is 77.8 Å². The Morgan fingerprint density at radius 1 is 0.488 bits per heavy atom. The third-order valence-electron chi connectivity index (χ3n) is 20.3. The molecule has 4 aromatic carbocycles. The predicted molar refractivity (Wildman–Crippen MR) is 472 cm³/mol. The van der Waals surface area contributed by atoms with Gasteiger partial charge in [-0.15, -0.1) is 10.2 Å². The highest BCUT2D eigenvalue weighted by molar-refractivity contribution is 6.36. The van der Waals surface area contributed by atoms with Crippen molar-refractivity contribution in [1.82, 2.24) is 143 Å². The Morgan fingerprint density at radius 3 is 1.37 bits per heavy atom. The summed E-state index contributed by atoms with van der Waals surface area (Å²) in [5.41, 5.74) is 16.1. The number of methoxy groups -OCH3 is 1. The SMILES string of the molecule is CN(C)C(=O)c1cc2cc(Nc3nccc(-c4cn(C)cn4)n3)cc(C3CC3)c2[nH]1.CNC(=O)c1cc2cc(Nc3nccc(-c4cn(C)cn4)n3)cc(OC)c2[nH]1.Cn1cnc(-c2ccnc(Nc3cc(Cl)c4[nH]c(C(=O)N5CCn6cnnc6C5)cc4c3)n2)c1.Cn1cnc(-c2ccnc(Nc3cc(Cl)c4[nH]c(C(=O)NCc5ccn(C)n5)cc4c3)n2)c1. The summed E-state index contributed by atoms with van der Waals surface area (Å²) in [6, 6.07) is 31.5. The molecular weight excluding hydrogens is 1630 g/mol. The number of anilines is 8. The minimum Gasteiger partial charge on any atom is -0.494 e. The average Bonchev–Trinajstić information content (AvgIpc) is 1.62. The van der Waals surface area contributed by atoms with E-state index in [0.29, 0.717) is 128 Å². The molecule has 0 atom stereocenters. The van der Waals surface area contributed by atoms with Gasteiger partial charge in [0.15, 0.2) is 5.82 Å². The third kappa shape index (κ3) is 18.5. The van der Waals surface area contributed by atoms with Crippen LogP contribution in [-0.2, 0) is 54.9 Å². The fourth-order valence-electron chi connectivity index (χ4n) is 14.1. The summed E-state index contributed by atoms with van der Waals surface area (Å²) in [4.78, 5) is 119. The van der Waals surface area contributed by atoms with Gasteiger partial charge in [-0.3, -0.25) is 23.9 Å². The van der Waals surface area contributed by atoms with Gasteiger partial charge in [0.1, 0.15) is 57.6 Å². The zero-order valence-electron chi connectivity index (χ0n) is 68.8. The smallest absolute Gasteiger partial charge is 0.270 e. The van der Waals surface area contributed by atoms with E-state index in [2.05, 4.69) is 133 Å². The Balaban J connectivity index is 0.000000118. The summed E-state index contributed by atoms with van der Waals surface area (Å²) in [7, 11) is 16.2. The van der Waals surface area contributed by atoms with E-state index in [4.69, 9.17) is 27.9 Å². The molecule has 1 aliphatic heterocycles. The second-order valence-corrected chi connectivity index (χ2v) is 30.7. The number of rotatable bonds is 20. The molecule has 0 spiro atoms. The van der Waals surface area contributed by atoms with Gasteiger partial charge in [-0.25, -0.2) is 59.8 Å². The molecule has 0 bridgehead atoms. The molecule has 18 aromatic rings. The van der Waals surface area contributed by atoms with Gasteiger partial charge in [-0.2, -0.15) is 5.10 Å². The Hall–Kier alpha value is -16.0. The minimum atomic E-state index is -0.242. The lowest BCUT2D eigenvalue weighted by Gasteiger charge is -2.26. The number of H-pyrrole nitrogens is 4. The molecule has 40 heteroatoms. The topological polar surface area (TPSA) is 442 Å². The maximum Gasteiger partial charge on any atom is 0.270 e. The van der Waals surface area contributed by atoms with Crippen molar-refractivity contribution >= 4 is 137 Å². The van der Waals surface area contributed by atoms with Crippen LogP contribution < -0.4 is 36.6 Å². The third-order valence-corrected chi connectivity index (χ3v) is 20.9. The van der Waals surface area contributed by atoms with Crippen molar-refractivity contribution < 1.29 is 23.9 Å². The fraction of sp³-hybridized carbons (Fsp3) is 0.188. The number of hydrogen-bond acceptors (Lipinski definition) is 24. The normalized spacial score (nSPS) is 12.2. The molecule has 4 amide bonds. The van der Waals surface area contributed by atoms with E-state index < -0.39 is 0 Å². The Labute approximate surface area is 721 Å². The lowest BCUT2D eigenvalue weighted by molar-refractivity contribution is 0.0701. The highest BCUT2D eigenvalue weighted by Gasteiger charge is 2.29. The maximum atomic E-state index is 13.1. The molecule has 10 N–H and O–H groups in total. The number of ether oxygens (including phenoxy) is 1. The van der Waals surface area contributed by atoms with Gasteiger partial charge in [-0.1, -0.05) is 23.2 Å². The Bertz CT molecular complexity index is 7070. The van der Waals surface area contributed by atoms with Gasteiger partial charge in [0.2, 0.25) is 23.8 Å². The number of benzene rings is 4. The van der Waals surface area contributed by atoms with Crippen LogP contribution in [0.3, 0.4) is 0 Å². The first kappa shape index (κ1) is 81.4. The summed E-state index contributed by atoms with van der Waals surface area (Å²) < 4.78 is 16.6. The number of amides is 4. The van der Waals surface area contributed by atoms with Crippen LogP contribution in [0.25, 0.3) is 89.2 Å². The second kappa shape index (κ2) is 35.0. The highest BCUT2D eigenvalue weighted by Crippen LogP contribution is 2.45. The predicted octanol–water partition coefficient (Wildman–Crippen LogP) is 12.6. The Morgan fingerprint density at radius 2 is 0.920 bits per heavy atom. The number of carbonyl (C=O) groups excluding carboxylic acids is 4. The molecule has 1 fully saturated rings. The van der Waals surface area contributed by atoms with E-state index in [1.165, 1.54) is 18.4 Å². The molecule has 0 radical (unpaired) electrons. The van der Waals surface area contributed by atoms with Crippen molar-refractivity contribution in [3.8, 4) is 51.3 Å². The number of aryl methyl sites for hydroxylation is 5. The van der Waals surface area contributed by atoms with Gasteiger partial charge >= 0.3 is 0 Å². The molecule has 0 saturated heterocycles. The lowest BCUT2D eigenvalue weighted by Crippen LogP contribution is -2.38. The molecule has 125 heavy (non-hydrogen) atoms. The highest BCUT2D eigenvalue weighted by atomic mass is 35.5. The Kier molecular flexibility index (Phi) is 22.8. The lowest BCUT2D eigenvalue weighted by atomic mass is 10.1. The summed E-state index contributed by atoms with van der Waals surface area (Å²) in [6.45, 7) is 2.00. The van der Waals surface area contributed by atoms with Crippen molar-refractivity contribution in [1.29, 1.82) is 0 Å². The van der Waals surface area contributed by atoms with E-state index in [-0.39, 0.29) is 23.6 Å². The molecule has 14 aromatic heterocycles. The van der Waals surface area contributed by atoms with Crippen LogP contribution in [0.2, 0.25) is 10.0 Å². The average molecular weight is 1720 g/mol. The van der Waals surface area contributed by atoms with Gasteiger partial charge in [0.25, 0.3) is 23.6 Å². The summed E-state index contributed by atoms with van der Waals surface area (Å²) in [6.07, 6.45) is 27.1. The van der Waals surface area contributed by atoms with Crippen LogP contribution in [0.5, 0.6) is 5.75 Å². The molecule has 1 aliphatic carbocycles. The number of carbonyl (C=O) groups is 4. The van der Waals surface area contributed by atoms with Crippen molar-refractivity contribution in [3.63, 3.8) is 0 Å². The van der Waals surface area contributed by atoms with Crippen molar-refractivity contribution in [2.24, 2.45) is 35.2 Å². The van der Waals surface area contributed by atoms with Gasteiger partial charge in [0, 0.05) is 181 Å². The maximum absolute atomic E-state index is 13.1. The molecule has 630 valence electrons. The van der Waals surface area contributed by atoms with Crippen LogP contribution in [-0.4, -0.2) is 191 Å². The standard InChI is InChI=1S/C22H19ClN10O.C22H20ClN9O.C22H23N7O.C19H19N7O2/c1-31-9-18(25-11-31)16-2-3-24-22(29-16)27-14-6-13-7-17(28-20(13)15(23)8-14)21(34)32-4-5-33-12-26-30-19(33)10-32;1-31-11-19(26-12-31)17-3-5-24-22(29-17)27-15-7-13-8-18(28-20(13)16(23)9-15)21(33)25-10-14-4-6-32(2)30-14;1-28(2)21(30)18-9-14-8-15(10-16(13-4-5-13)20(14)26-18)25-22-23-7-6-17(27-22)19-11-29(3)12-24-19;1-20-18(27)14-7-11-6-12(8-16(28-3)17(11)24-14)23-19-21-5-4-13(25-19)15-9-26(2)10-22-15/h2-3,6-9,11-12,28H,4-5,10H2,1H3,(H,24,27,29);3-9,11-12,28H,10H2,1-2H3,(H,25,33)(H,24,27,29);6-13,26H,4-5H2,1-3H3,(H,23,25,27);4-10,24H,1-3H3,(H,20,27)(H,21,23,25). The second-order valence-electron chi connectivity index (χ2n) is 29.9. The quantitative estimate of drug-likeness (QED) is 0.0339. The van der Waals surface area contributed by atoms with E-state index in [9.17, 15) is 19.2 Å². The van der Waals surface area contributed by atoms with E-state index in [0.717, 1.165) is 89.6 Å². The number of hydrogen-bond donors (Lipinski definition) is 10. The van der Waals surface area contributed by atoms with E-state index in [1.54, 1.807) is 148 Å². The zero-order chi connectivity index (χ0) is 86.7. The molecule has 2 aliphatic rings. The summed E-state index contributed by atoms with van der Waals surface area (Å²) >= 11 is 13.0. The van der Waals surface area contributed by atoms with Crippen molar-refractivity contribution in [2.45, 2.75) is 38.4 Å².